The van der Waals surface area contributed by atoms with Crippen LogP contribution >= 0.6 is 0 Å². The number of hydrazone groups is 1. The number of hydrogen-bond donors (Lipinski definition) is 1. The molecule has 1 N–H and O–H groups in total. The first-order valence-electron chi connectivity index (χ1n) is 6.68. The standard InChI is InChI=1S/C15H19N3O/c1-15(2,3)18-9-11-12(10-7-5-4-6-8-10)16-17-13(11)14(18)19/h4-8,11-12,16H,9H2,1-3H3. The third-order valence-corrected chi connectivity index (χ3v) is 3.89. The summed E-state index contributed by atoms with van der Waals surface area (Å²) in [4.78, 5) is 14.3. The molecule has 4 nitrogen and oxygen atoms in total. The van der Waals surface area contributed by atoms with Crippen molar-refractivity contribution in [1.82, 2.24) is 10.3 Å². The molecule has 2 heterocycles. The maximum absolute atomic E-state index is 12.4. The second-order valence-corrected chi connectivity index (χ2v) is 6.21. The van der Waals surface area contributed by atoms with Crippen LogP contribution in [-0.4, -0.2) is 28.6 Å². The number of amides is 1. The molecule has 1 aromatic rings. The van der Waals surface area contributed by atoms with Crippen molar-refractivity contribution in [2.24, 2.45) is 11.0 Å². The first-order chi connectivity index (χ1) is 8.98. The normalized spacial score (nSPS) is 26.2. The molecule has 19 heavy (non-hydrogen) atoms. The zero-order valence-electron chi connectivity index (χ0n) is 11.6. The molecule has 0 spiro atoms. The number of carbonyl (C=O) groups excluding carboxylic acids is 1. The second-order valence-electron chi connectivity index (χ2n) is 6.21. The average Bonchev–Trinajstić information content (AvgIpc) is 2.91. The third-order valence-electron chi connectivity index (χ3n) is 3.89. The van der Waals surface area contributed by atoms with E-state index in [2.05, 4.69) is 43.4 Å². The predicted molar refractivity (Wildman–Crippen MR) is 74.7 cm³/mol. The lowest BCUT2D eigenvalue weighted by Gasteiger charge is -2.32. The van der Waals surface area contributed by atoms with Gasteiger partial charge in [-0.2, -0.15) is 5.10 Å². The fourth-order valence-electron chi connectivity index (χ4n) is 2.83. The van der Waals surface area contributed by atoms with E-state index in [1.54, 1.807) is 0 Å². The summed E-state index contributed by atoms with van der Waals surface area (Å²) in [6.45, 7) is 6.94. The Morgan fingerprint density at radius 3 is 2.58 bits per heavy atom. The number of benzene rings is 1. The van der Waals surface area contributed by atoms with Gasteiger partial charge in [0.2, 0.25) is 0 Å². The summed E-state index contributed by atoms with van der Waals surface area (Å²) < 4.78 is 0. The molecule has 2 aliphatic rings. The van der Waals surface area contributed by atoms with Gasteiger partial charge >= 0.3 is 0 Å². The Kier molecular flexibility index (Phi) is 2.62. The Labute approximate surface area is 113 Å². The summed E-state index contributed by atoms with van der Waals surface area (Å²) in [6.07, 6.45) is 0. The third kappa shape index (κ3) is 1.91. The van der Waals surface area contributed by atoms with Gasteiger partial charge in [-0.1, -0.05) is 30.3 Å². The number of carbonyl (C=O) groups is 1. The van der Waals surface area contributed by atoms with Gasteiger partial charge in [-0.05, 0) is 26.3 Å². The molecule has 0 aromatic heterocycles. The highest BCUT2D eigenvalue weighted by Gasteiger charge is 2.48. The first-order valence-corrected chi connectivity index (χ1v) is 6.68. The van der Waals surface area contributed by atoms with Crippen molar-refractivity contribution in [3.63, 3.8) is 0 Å². The van der Waals surface area contributed by atoms with Crippen LogP contribution in [0.1, 0.15) is 32.4 Å². The van der Waals surface area contributed by atoms with Gasteiger partial charge in [-0.25, -0.2) is 0 Å². The molecule has 2 aliphatic heterocycles. The molecule has 0 aliphatic carbocycles. The average molecular weight is 257 g/mol. The summed E-state index contributed by atoms with van der Waals surface area (Å²) in [7, 11) is 0. The number of nitrogens with zero attached hydrogens (tertiary/aromatic N) is 2. The van der Waals surface area contributed by atoms with Gasteiger partial charge in [0.1, 0.15) is 5.71 Å². The zero-order chi connectivity index (χ0) is 13.6. The SMILES string of the molecule is CC(C)(C)N1CC2C(=NNC2c2ccccc2)C1=O. The second kappa shape index (κ2) is 4.08. The highest BCUT2D eigenvalue weighted by atomic mass is 16.2. The molecule has 1 fully saturated rings. The van der Waals surface area contributed by atoms with Crippen molar-refractivity contribution in [2.75, 3.05) is 6.54 Å². The van der Waals surface area contributed by atoms with E-state index in [-0.39, 0.29) is 23.4 Å². The number of nitrogens with one attached hydrogen (secondary N) is 1. The minimum absolute atomic E-state index is 0.0726. The van der Waals surface area contributed by atoms with E-state index in [1.165, 1.54) is 5.56 Å². The Hall–Kier alpha value is -1.84. The Morgan fingerprint density at radius 1 is 1.26 bits per heavy atom. The maximum atomic E-state index is 12.4. The minimum atomic E-state index is -0.148. The van der Waals surface area contributed by atoms with Crippen LogP contribution in [0.25, 0.3) is 0 Å². The smallest absolute Gasteiger partial charge is 0.270 e. The summed E-state index contributed by atoms with van der Waals surface area (Å²) in [6, 6.07) is 10.3. The summed E-state index contributed by atoms with van der Waals surface area (Å²) in [5.74, 6) is 0.234. The zero-order valence-corrected chi connectivity index (χ0v) is 11.6. The summed E-state index contributed by atoms with van der Waals surface area (Å²) in [5.41, 5.74) is 4.84. The molecular formula is C15H19N3O. The molecular weight excluding hydrogens is 238 g/mol. The van der Waals surface area contributed by atoms with Crippen LogP contribution in [-0.2, 0) is 4.79 Å². The van der Waals surface area contributed by atoms with E-state index >= 15 is 0 Å². The highest BCUT2D eigenvalue weighted by Crippen LogP contribution is 2.35. The van der Waals surface area contributed by atoms with Gasteiger partial charge in [0.05, 0.1) is 12.0 Å². The van der Waals surface area contributed by atoms with E-state index < -0.39 is 0 Å². The van der Waals surface area contributed by atoms with Gasteiger partial charge in [-0.3, -0.25) is 4.79 Å². The van der Waals surface area contributed by atoms with Crippen LogP contribution in [0, 0.1) is 5.92 Å². The van der Waals surface area contributed by atoms with Gasteiger partial charge in [0.15, 0.2) is 0 Å². The van der Waals surface area contributed by atoms with Gasteiger partial charge in [0, 0.05) is 12.1 Å². The highest BCUT2D eigenvalue weighted by molar-refractivity contribution is 6.42. The van der Waals surface area contributed by atoms with Crippen LogP contribution in [0.4, 0.5) is 0 Å². The molecule has 1 amide bonds. The fourth-order valence-corrected chi connectivity index (χ4v) is 2.83. The lowest BCUT2D eigenvalue weighted by Crippen LogP contribution is -2.43. The van der Waals surface area contributed by atoms with Crippen molar-refractivity contribution in [3.05, 3.63) is 35.9 Å². The van der Waals surface area contributed by atoms with Crippen LogP contribution < -0.4 is 5.43 Å². The maximum Gasteiger partial charge on any atom is 0.270 e. The molecule has 2 unspecified atom stereocenters. The minimum Gasteiger partial charge on any atom is -0.332 e. The lowest BCUT2D eigenvalue weighted by atomic mass is 9.92. The van der Waals surface area contributed by atoms with Gasteiger partial charge in [0.25, 0.3) is 5.91 Å². The fraction of sp³-hybridized carbons (Fsp3) is 0.467. The Bertz CT molecular complexity index is 530. The molecule has 1 saturated heterocycles. The van der Waals surface area contributed by atoms with Crippen molar-refractivity contribution >= 4 is 11.6 Å². The summed E-state index contributed by atoms with van der Waals surface area (Å²) in [5, 5.41) is 4.28. The van der Waals surface area contributed by atoms with E-state index in [4.69, 9.17) is 0 Å². The van der Waals surface area contributed by atoms with E-state index in [0.29, 0.717) is 5.71 Å². The van der Waals surface area contributed by atoms with Crippen molar-refractivity contribution in [2.45, 2.75) is 32.4 Å². The molecule has 2 atom stereocenters. The van der Waals surface area contributed by atoms with E-state index in [0.717, 1.165) is 6.54 Å². The topological polar surface area (TPSA) is 44.7 Å². The quantitative estimate of drug-likeness (QED) is 0.835. The first kappa shape index (κ1) is 12.2. The Morgan fingerprint density at radius 2 is 1.95 bits per heavy atom. The van der Waals surface area contributed by atoms with Crippen LogP contribution in [0.2, 0.25) is 0 Å². The lowest BCUT2D eigenvalue weighted by molar-refractivity contribution is -0.126. The molecule has 100 valence electrons. The molecule has 3 rings (SSSR count). The van der Waals surface area contributed by atoms with Gasteiger partial charge < -0.3 is 10.3 Å². The predicted octanol–water partition coefficient (Wildman–Crippen LogP) is 1.94. The molecule has 4 heteroatoms. The Balaban J connectivity index is 1.88. The van der Waals surface area contributed by atoms with Crippen LogP contribution in [0.15, 0.2) is 35.4 Å². The van der Waals surface area contributed by atoms with E-state index in [1.807, 2.05) is 23.1 Å². The largest absolute Gasteiger partial charge is 0.332 e. The van der Waals surface area contributed by atoms with Crippen molar-refractivity contribution in [1.29, 1.82) is 0 Å². The number of hydrogen-bond acceptors (Lipinski definition) is 3. The number of rotatable bonds is 1. The molecule has 0 radical (unpaired) electrons. The number of likely N-dealkylation sites (tertiary alicyclic amines) is 1. The van der Waals surface area contributed by atoms with Crippen LogP contribution in [0.3, 0.4) is 0 Å². The van der Waals surface area contributed by atoms with Gasteiger partial charge in [-0.15, -0.1) is 0 Å². The van der Waals surface area contributed by atoms with E-state index in [9.17, 15) is 4.79 Å². The van der Waals surface area contributed by atoms with Crippen LogP contribution in [0.5, 0.6) is 0 Å². The summed E-state index contributed by atoms with van der Waals surface area (Å²) >= 11 is 0. The molecule has 0 saturated carbocycles. The van der Waals surface area contributed by atoms with Crippen molar-refractivity contribution < 1.29 is 4.79 Å². The molecule has 1 aromatic carbocycles. The number of fused-ring (bicyclic) bond motifs is 1. The monoisotopic (exact) mass is 257 g/mol. The van der Waals surface area contributed by atoms with Crippen molar-refractivity contribution in [3.8, 4) is 0 Å². The molecule has 0 bridgehead atoms.